The molecule has 0 saturated carbocycles. The van der Waals surface area contributed by atoms with Crippen LogP contribution in [0.2, 0.25) is 0 Å². The third-order valence-corrected chi connectivity index (χ3v) is 1.33. The first kappa shape index (κ1) is 9.46. The number of alkyl halides is 1. The van der Waals surface area contributed by atoms with Crippen molar-refractivity contribution in [3.63, 3.8) is 0 Å². The lowest BCUT2D eigenvalue weighted by molar-refractivity contribution is 0.636. The fourth-order valence-corrected chi connectivity index (χ4v) is 0.760. The molecule has 0 aliphatic carbocycles. The molecule has 1 N–H and O–H groups in total. The maximum Gasteiger partial charge on any atom is 0.0785 e. The molecular weight excluding hydrogens is 151 g/mol. The standard InChI is InChI=1S/C6H6OS.CH3F/c7-8-6-4-2-1-3-5-6;1-2/h1-5,7H;1H3. The summed E-state index contributed by atoms with van der Waals surface area (Å²) in [7, 11) is 0.500. The van der Waals surface area contributed by atoms with Crippen LogP contribution in [0.15, 0.2) is 35.2 Å². The van der Waals surface area contributed by atoms with E-state index in [2.05, 4.69) is 0 Å². The van der Waals surface area contributed by atoms with E-state index in [0.717, 1.165) is 16.9 Å². The number of hydrogen-bond acceptors (Lipinski definition) is 2. The zero-order valence-electron chi connectivity index (χ0n) is 5.62. The van der Waals surface area contributed by atoms with Crippen LogP contribution in [0.5, 0.6) is 0 Å². The van der Waals surface area contributed by atoms with Gasteiger partial charge in [0.2, 0.25) is 0 Å². The van der Waals surface area contributed by atoms with Crippen molar-refractivity contribution in [3.05, 3.63) is 30.3 Å². The molecule has 1 aromatic carbocycles. The SMILES string of the molecule is CF.OSc1ccccc1. The quantitative estimate of drug-likeness (QED) is 0.637. The van der Waals surface area contributed by atoms with Gasteiger partial charge in [0.15, 0.2) is 0 Å². The van der Waals surface area contributed by atoms with Gasteiger partial charge < -0.3 is 4.55 Å². The van der Waals surface area contributed by atoms with Crippen molar-refractivity contribution in [1.82, 2.24) is 0 Å². The number of rotatable bonds is 1. The molecule has 0 aliphatic heterocycles. The molecule has 1 aromatic rings. The average molecular weight is 160 g/mol. The van der Waals surface area contributed by atoms with E-state index in [0.29, 0.717) is 7.18 Å². The Morgan fingerprint density at radius 3 is 2.00 bits per heavy atom. The monoisotopic (exact) mass is 160 g/mol. The van der Waals surface area contributed by atoms with E-state index in [1.54, 1.807) is 0 Å². The lowest BCUT2D eigenvalue weighted by Crippen LogP contribution is -1.63. The van der Waals surface area contributed by atoms with E-state index in [1.807, 2.05) is 30.3 Å². The first-order valence-electron chi connectivity index (χ1n) is 2.68. The molecule has 0 saturated heterocycles. The van der Waals surface area contributed by atoms with Gasteiger partial charge in [-0.05, 0) is 12.1 Å². The molecule has 3 heteroatoms. The Hall–Kier alpha value is -0.540. The molecule has 1 rings (SSSR count). The van der Waals surface area contributed by atoms with Gasteiger partial charge in [-0.15, -0.1) is 0 Å². The molecule has 0 bridgehead atoms. The van der Waals surface area contributed by atoms with Gasteiger partial charge in [0.1, 0.15) is 0 Å². The average Bonchev–Trinajstić information content (AvgIpc) is 2.10. The summed E-state index contributed by atoms with van der Waals surface area (Å²) in [5, 5.41) is 0. The highest BCUT2D eigenvalue weighted by molar-refractivity contribution is 7.93. The summed E-state index contributed by atoms with van der Waals surface area (Å²) in [6.45, 7) is 0. The second kappa shape index (κ2) is 6.58. The van der Waals surface area contributed by atoms with Gasteiger partial charge in [-0.3, -0.25) is 4.39 Å². The van der Waals surface area contributed by atoms with Crippen molar-refractivity contribution in [2.24, 2.45) is 0 Å². The largest absolute Gasteiger partial charge is 0.325 e. The van der Waals surface area contributed by atoms with Crippen LogP contribution < -0.4 is 0 Å². The second-order valence-electron chi connectivity index (χ2n) is 1.40. The molecule has 1 nitrogen and oxygen atoms in total. The van der Waals surface area contributed by atoms with Crippen LogP contribution in [0.25, 0.3) is 0 Å². The van der Waals surface area contributed by atoms with Crippen LogP contribution in [0.3, 0.4) is 0 Å². The molecule has 0 aromatic heterocycles. The minimum Gasteiger partial charge on any atom is -0.325 e. The van der Waals surface area contributed by atoms with Crippen molar-refractivity contribution in [3.8, 4) is 0 Å². The van der Waals surface area contributed by atoms with Crippen molar-refractivity contribution in [1.29, 1.82) is 0 Å². The molecule has 0 aliphatic rings. The number of halogens is 1. The van der Waals surface area contributed by atoms with Crippen LogP contribution in [-0.2, 0) is 0 Å². The molecule has 0 amide bonds. The van der Waals surface area contributed by atoms with E-state index in [1.165, 1.54) is 0 Å². The minimum atomic E-state index is 0.500. The zero-order valence-corrected chi connectivity index (χ0v) is 6.44. The predicted molar refractivity (Wildman–Crippen MR) is 42.0 cm³/mol. The molecule has 0 radical (unpaired) electrons. The molecule has 0 atom stereocenters. The van der Waals surface area contributed by atoms with Gasteiger partial charge in [0.05, 0.1) is 7.18 Å². The normalized spacial score (nSPS) is 7.90. The summed E-state index contributed by atoms with van der Waals surface area (Å²) in [5.74, 6) is 0. The van der Waals surface area contributed by atoms with Crippen molar-refractivity contribution < 1.29 is 8.94 Å². The third-order valence-electron chi connectivity index (χ3n) is 0.849. The molecular formula is C7H9FOS. The Labute approximate surface area is 64.1 Å². The van der Waals surface area contributed by atoms with Crippen LogP contribution in [0.1, 0.15) is 0 Å². The highest BCUT2D eigenvalue weighted by atomic mass is 32.2. The molecule has 0 spiro atoms. The summed E-state index contributed by atoms with van der Waals surface area (Å²) < 4.78 is 18.0. The highest BCUT2D eigenvalue weighted by Crippen LogP contribution is 2.10. The van der Waals surface area contributed by atoms with E-state index >= 15 is 0 Å². The number of benzene rings is 1. The second-order valence-corrected chi connectivity index (χ2v) is 2.06. The summed E-state index contributed by atoms with van der Waals surface area (Å²) in [6.07, 6.45) is 0. The Morgan fingerprint density at radius 1 is 1.20 bits per heavy atom. The zero-order chi connectivity index (χ0) is 7.82. The van der Waals surface area contributed by atoms with Gasteiger partial charge in [-0.1, -0.05) is 18.2 Å². The summed E-state index contributed by atoms with van der Waals surface area (Å²) in [5.41, 5.74) is 0. The van der Waals surface area contributed by atoms with E-state index < -0.39 is 0 Å². The van der Waals surface area contributed by atoms with Gasteiger partial charge in [-0.2, -0.15) is 0 Å². The topological polar surface area (TPSA) is 20.2 Å². The first-order valence-corrected chi connectivity index (χ1v) is 3.45. The number of hydrogen-bond donors (Lipinski definition) is 1. The molecule has 0 heterocycles. The van der Waals surface area contributed by atoms with Crippen molar-refractivity contribution in [2.45, 2.75) is 4.90 Å². The maximum absolute atomic E-state index is 9.50. The Kier molecular flexibility index (Phi) is 6.22. The van der Waals surface area contributed by atoms with Gasteiger partial charge in [0.25, 0.3) is 0 Å². The molecule has 0 unspecified atom stereocenters. The Bertz CT molecular complexity index is 155. The lowest BCUT2D eigenvalue weighted by Gasteiger charge is -1.87. The lowest BCUT2D eigenvalue weighted by atomic mass is 10.4. The van der Waals surface area contributed by atoms with Gasteiger partial charge >= 0.3 is 0 Å². The van der Waals surface area contributed by atoms with Gasteiger partial charge in [0, 0.05) is 16.9 Å². The molecule has 0 fully saturated rings. The summed E-state index contributed by atoms with van der Waals surface area (Å²) in [4.78, 5) is 0.882. The van der Waals surface area contributed by atoms with E-state index in [-0.39, 0.29) is 0 Å². The summed E-state index contributed by atoms with van der Waals surface area (Å²) >= 11 is 0.769. The summed E-state index contributed by atoms with van der Waals surface area (Å²) in [6, 6.07) is 9.40. The van der Waals surface area contributed by atoms with Gasteiger partial charge in [-0.25, -0.2) is 0 Å². The van der Waals surface area contributed by atoms with Crippen LogP contribution in [-0.4, -0.2) is 11.7 Å². The smallest absolute Gasteiger partial charge is 0.0785 e. The Balaban J connectivity index is 0.000000371. The highest BCUT2D eigenvalue weighted by Gasteiger charge is 1.82. The van der Waals surface area contributed by atoms with Crippen LogP contribution >= 0.6 is 12.0 Å². The fraction of sp³-hybridized carbons (Fsp3) is 0.143. The van der Waals surface area contributed by atoms with Crippen molar-refractivity contribution in [2.75, 3.05) is 7.18 Å². The minimum absolute atomic E-state index is 0.500. The van der Waals surface area contributed by atoms with Crippen LogP contribution in [0, 0.1) is 0 Å². The van der Waals surface area contributed by atoms with E-state index in [4.69, 9.17) is 4.55 Å². The van der Waals surface area contributed by atoms with Crippen molar-refractivity contribution >= 4 is 12.0 Å². The first-order chi connectivity index (χ1) is 4.93. The third kappa shape index (κ3) is 3.48. The van der Waals surface area contributed by atoms with E-state index in [9.17, 15) is 4.39 Å². The van der Waals surface area contributed by atoms with Crippen LogP contribution in [0.4, 0.5) is 4.39 Å². The molecule has 56 valence electrons. The maximum atomic E-state index is 9.50. The Morgan fingerprint density at radius 2 is 1.70 bits per heavy atom. The predicted octanol–water partition coefficient (Wildman–Crippen LogP) is 2.84. The fourth-order valence-electron chi connectivity index (χ4n) is 0.481. The molecule has 10 heavy (non-hydrogen) atoms.